The molecule has 0 unspecified atom stereocenters. The van der Waals surface area contributed by atoms with E-state index in [1.165, 1.54) is 0 Å². The van der Waals surface area contributed by atoms with Gasteiger partial charge in [-0.2, -0.15) is 9.68 Å². The summed E-state index contributed by atoms with van der Waals surface area (Å²) >= 11 is 0. The van der Waals surface area contributed by atoms with Crippen LogP contribution in [0, 0.1) is 4.91 Å². The third-order valence-corrected chi connectivity index (χ3v) is 3.04. The van der Waals surface area contributed by atoms with Crippen LogP contribution < -0.4 is 10.6 Å². The summed E-state index contributed by atoms with van der Waals surface area (Å²) in [5.74, 6) is 0. The summed E-state index contributed by atoms with van der Waals surface area (Å²) in [5.41, 5.74) is 0. The molecule has 2 rings (SSSR count). The number of hydrogen-bond acceptors (Lipinski definition) is 5. The highest BCUT2D eigenvalue weighted by atomic mass is 17.0. The number of rotatable bonds is 4. The van der Waals surface area contributed by atoms with E-state index in [0.717, 1.165) is 51.9 Å². The maximum absolute atomic E-state index is 11.4. The molecule has 0 amide bonds. The van der Waals surface area contributed by atoms with Gasteiger partial charge in [-0.1, -0.05) is 0 Å². The Morgan fingerprint density at radius 3 is 1.56 bits per heavy atom. The fourth-order valence-corrected chi connectivity index (χ4v) is 2.07. The van der Waals surface area contributed by atoms with Gasteiger partial charge in [-0.05, 0) is 26.2 Å². The first-order valence-electron chi connectivity index (χ1n) is 6.07. The fourth-order valence-electron chi connectivity index (χ4n) is 2.07. The summed E-state index contributed by atoms with van der Waals surface area (Å²) in [7, 11) is 0. The van der Waals surface area contributed by atoms with E-state index in [1.807, 2.05) is 0 Å². The molecule has 0 aliphatic carbocycles. The molecule has 0 saturated carbocycles. The summed E-state index contributed by atoms with van der Waals surface area (Å²) in [6.07, 6.45) is 3.48. The second kappa shape index (κ2) is 6.00. The molecule has 0 radical (unpaired) electrons. The molecule has 0 atom stereocenters. The zero-order valence-corrected chi connectivity index (χ0v) is 9.48. The van der Waals surface area contributed by atoms with Gasteiger partial charge >= 0.3 is 5.09 Å². The summed E-state index contributed by atoms with van der Waals surface area (Å²) < 4.78 is 0. The molecule has 0 aromatic rings. The zero-order valence-electron chi connectivity index (χ0n) is 9.48. The Morgan fingerprint density at radius 1 is 0.812 bits per heavy atom. The van der Waals surface area contributed by atoms with Crippen LogP contribution in [0.2, 0.25) is 0 Å². The minimum atomic E-state index is 0.000431. The van der Waals surface area contributed by atoms with E-state index >= 15 is 0 Å². The van der Waals surface area contributed by atoms with Gasteiger partial charge in [0.2, 0.25) is 0 Å². The summed E-state index contributed by atoms with van der Waals surface area (Å²) in [4.78, 5) is 21.8. The van der Waals surface area contributed by atoms with Gasteiger partial charge in [-0.3, -0.25) is 0 Å². The van der Waals surface area contributed by atoms with Gasteiger partial charge in [-0.25, -0.2) is 0 Å². The van der Waals surface area contributed by atoms with Crippen molar-refractivity contribution in [3.63, 3.8) is 0 Å². The van der Waals surface area contributed by atoms with Crippen molar-refractivity contribution in [1.82, 2.24) is 10.6 Å². The highest BCUT2D eigenvalue weighted by Crippen LogP contribution is 2.11. The Labute approximate surface area is 95.2 Å². The van der Waals surface area contributed by atoms with Crippen LogP contribution in [0.5, 0.6) is 0 Å². The molecule has 2 aliphatic heterocycles. The Hall–Kier alpha value is -0.880. The van der Waals surface area contributed by atoms with E-state index in [0.29, 0.717) is 5.09 Å². The van der Waals surface area contributed by atoms with E-state index in [2.05, 4.69) is 10.6 Å². The van der Waals surface area contributed by atoms with Crippen molar-refractivity contribution in [2.75, 3.05) is 26.2 Å². The molecule has 2 heterocycles. The molecule has 6 nitrogen and oxygen atoms in total. The van der Waals surface area contributed by atoms with Crippen molar-refractivity contribution < 1.29 is 14.8 Å². The topological polar surface area (TPSA) is 62.6 Å². The zero-order chi connectivity index (χ0) is 11.2. The average molecular weight is 230 g/mol. The number of nitrogens with one attached hydrogen (secondary N) is 2. The molecule has 2 N–H and O–H groups in total. The molecule has 0 aromatic heterocycles. The quantitative estimate of drug-likeness (QED) is 0.672. The van der Waals surface area contributed by atoms with Crippen LogP contribution in [0.1, 0.15) is 25.7 Å². The van der Waals surface area contributed by atoms with Crippen molar-refractivity contribution in [1.29, 1.82) is 0 Å². The van der Waals surface area contributed by atoms with E-state index < -0.39 is 0 Å². The van der Waals surface area contributed by atoms with Crippen molar-refractivity contribution in [3.05, 3.63) is 4.91 Å². The van der Waals surface area contributed by atoms with Crippen LogP contribution in [-0.2, 0) is 9.68 Å². The Bertz CT molecular complexity index is 203. The lowest BCUT2D eigenvalue weighted by atomic mass is 10.1. The first kappa shape index (κ1) is 11.6. The predicted octanol–water partition coefficient (Wildman–Crippen LogP) is 0.132. The molecule has 16 heavy (non-hydrogen) atoms. The molecule has 0 aromatic carbocycles. The largest absolute Gasteiger partial charge is 0.478 e. The minimum Gasteiger partial charge on any atom is -0.316 e. The lowest BCUT2D eigenvalue weighted by Gasteiger charge is -2.19. The summed E-state index contributed by atoms with van der Waals surface area (Å²) in [6.45, 7) is 3.63. The predicted molar refractivity (Wildman–Crippen MR) is 57.6 cm³/mol. The maximum atomic E-state index is 11.4. The highest BCUT2D eigenvalue weighted by molar-refractivity contribution is 4.67. The van der Waals surface area contributed by atoms with Crippen LogP contribution in [0.25, 0.3) is 0 Å². The van der Waals surface area contributed by atoms with Crippen LogP contribution in [0.4, 0.5) is 0 Å². The van der Waals surface area contributed by atoms with Gasteiger partial charge < -0.3 is 10.6 Å². The normalized spacial score (nSPS) is 24.0. The van der Waals surface area contributed by atoms with Gasteiger partial charge in [0.05, 0.1) is 0 Å². The number of hydrogen-bond donors (Lipinski definition) is 2. The van der Waals surface area contributed by atoms with Crippen molar-refractivity contribution >= 4 is 0 Å². The van der Waals surface area contributed by atoms with Gasteiger partial charge in [-0.15, -0.1) is 0 Å². The monoisotopic (exact) mass is 230 g/mol. The Balaban J connectivity index is 1.66. The second-order valence-corrected chi connectivity index (χ2v) is 4.33. The van der Waals surface area contributed by atoms with Crippen molar-refractivity contribution in [2.45, 2.75) is 37.9 Å². The molecule has 2 aliphatic rings. The molecule has 2 saturated heterocycles. The molecule has 2 fully saturated rings. The number of nitrogens with zero attached hydrogens (tertiary/aromatic N) is 1. The summed E-state index contributed by atoms with van der Waals surface area (Å²) in [5, 5.41) is 6.76. The van der Waals surface area contributed by atoms with Crippen molar-refractivity contribution in [3.8, 4) is 0 Å². The second-order valence-electron chi connectivity index (χ2n) is 4.33. The van der Waals surface area contributed by atoms with Crippen LogP contribution >= 0.6 is 0 Å². The number of piperidine rings is 2. The molecule has 0 bridgehead atoms. The van der Waals surface area contributed by atoms with E-state index in [4.69, 9.17) is 9.68 Å². The average Bonchev–Trinajstić information content (AvgIpc) is 2.31. The Kier molecular flexibility index (Phi) is 4.35. The SMILES string of the molecule is O=[N+](OC1CCNCC1)OC1CCNCC1. The maximum Gasteiger partial charge on any atom is 0.478 e. The van der Waals surface area contributed by atoms with Crippen LogP contribution in [0.15, 0.2) is 0 Å². The lowest BCUT2D eigenvalue weighted by molar-refractivity contribution is -0.993. The molecule has 6 heteroatoms. The van der Waals surface area contributed by atoms with Gasteiger partial charge in [0.15, 0.2) is 12.2 Å². The minimum absolute atomic E-state index is 0.000431. The van der Waals surface area contributed by atoms with E-state index in [-0.39, 0.29) is 12.2 Å². The fraction of sp³-hybridized carbons (Fsp3) is 1.00. The van der Waals surface area contributed by atoms with Crippen molar-refractivity contribution in [2.24, 2.45) is 0 Å². The van der Waals surface area contributed by atoms with E-state index in [1.54, 1.807) is 0 Å². The molecule has 0 spiro atoms. The first-order chi connectivity index (χ1) is 7.84. The van der Waals surface area contributed by atoms with Gasteiger partial charge in [0.1, 0.15) is 4.91 Å². The Morgan fingerprint density at radius 2 is 1.19 bits per heavy atom. The lowest BCUT2D eigenvalue weighted by Crippen LogP contribution is -2.37. The first-order valence-corrected chi connectivity index (χ1v) is 6.07. The standard InChI is InChI=1S/C10H20N3O3/c14-13(15-9-1-5-11-6-2-9)16-10-3-7-12-8-4-10/h9-12H,1-8H2/q+1. The van der Waals surface area contributed by atoms with E-state index in [9.17, 15) is 4.91 Å². The summed E-state index contributed by atoms with van der Waals surface area (Å²) in [6, 6.07) is 0. The van der Waals surface area contributed by atoms with Gasteiger partial charge in [0.25, 0.3) is 0 Å². The molecular weight excluding hydrogens is 210 g/mol. The van der Waals surface area contributed by atoms with Gasteiger partial charge in [0, 0.05) is 25.7 Å². The van der Waals surface area contributed by atoms with Crippen LogP contribution in [-0.4, -0.2) is 43.5 Å². The third-order valence-electron chi connectivity index (χ3n) is 3.04. The van der Waals surface area contributed by atoms with Crippen LogP contribution in [0.3, 0.4) is 0 Å². The smallest absolute Gasteiger partial charge is 0.316 e. The highest BCUT2D eigenvalue weighted by Gasteiger charge is 2.29. The molecular formula is C10H20N3O3+. The third kappa shape index (κ3) is 3.61. The molecule has 92 valence electrons.